The lowest BCUT2D eigenvalue weighted by molar-refractivity contribution is -0.135. The molecular weight excluding hydrogens is 512 g/mol. The van der Waals surface area contributed by atoms with Crippen molar-refractivity contribution in [1.82, 2.24) is 10.6 Å². The average molecular weight is 551 g/mol. The van der Waals surface area contributed by atoms with Crippen LogP contribution >= 0.6 is 0 Å². The molecule has 40 heavy (non-hydrogen) atoms. The zero-order valence-electron chi connectivity index (χ0n) is 23.3. The van der Waals surface area contributed by atoms with Gasteiger partial charge in [-0.2, -0.15) is 0 Å². The number of ether oxygens (including phenoxy) is 3. The number of carbonyl (C=O) groups excluding carboxylic acids is 4. The van der Waals surface area contributed by atoms with Crippen LogP contribution in [-0.4, -0.2) is 67.5 Å². The second-order valence-electron chi connectivity index (χ2n) is 10.8. The Labute approximate surface area is 234 Å². The van der Waals surface area contributed by atoms with E-state index in [9.17, 15) is 19.2 Å². The van der Waals surface area contributed by atoms with Crippen LogP contribution in [0.25, 0.3) is 0 Å². The number of benzene rings is 2. The lowest BCUT2D eigenvalue weighted by Crippen LogP contribution is -2.50. The summed E-state index contributed by atoms with van der Waals surface area (Å²) in [6.45, 7) is 4.17. The van der Waals surface area contributed by atoms with E-state index in [2.05, 4.69) is 10.6 Å². The Kier molecular flexibility index (Phi) is 9.71. The Morgan fingerprint density at radius 2 is 1.68 bits per heavy atom. The Balaban J connectivity index is 1.50. The van der Waals surface area contributed by atoms with Crippen LogP contribution in [0.4, 0.5) is 0 Å². The van der Waals surface area contributed by atoms with Crippen molar-refractivity contribution in [3.05, 3.63) is 65.7 Å². The molecule has 9 nitrogen and oxygen atoms in total. The molecule has 214 valence electrons. The van der Waals surface area contributed by atoms with Gasteiger partial charge in [-0.3, -0.25) is 19.2 Å². The van der Waals surface area contributed by atoms with Crippen molar-refractivity contribution in [3.8, 4) is 5.75 Å². The monoisotopic (exact) mass is 550 g/mol. The highest BCUT2D eigenvalue weighted by molar-refractivity contribution is 5.98. The molecule has 2 heterocycles. The third kappa shape index (κ3) is 7.76. The third-order valence-corrected chi connectivity index (χ3v) is 7.54. The molecule has 5 atom stereocenters. The summed E-state index contributed by atoms with van der Waals surface area (Å²) < 4.78 is 16.1. The summed E-state index contributed by atoms with van der Waals surface area (Å²) >= 11 is 0. The van der Waals surface area contributed by atoms with Crippen LogP contribution < -0.4 is 15.4 Å². The molecule has 0 radical (unpaired) electrons. The van der Waals surface area contributed by atoms with Crippen molar-refractivity contribution in [3.63, 3.8) is 0 Å². The van der Waals surface area contributed by atoms with Gasteiger partial charge in [0.2, 0.25) is 11.8 Å². The lowest BCUT2D eigenvalue weighted by atomic mass is 9.89. The standard InChI is InChI=1S/C31H38N2O7/c1-20(32-30(37)27-10-7-15-39-27)26(34)18-23(16-22-11-13-24(38-3)14-12-22)29(36)33-25(28(35)31(2)19-40-31)17-21-8-5-4-6-9-21/h4-6,8-9,11-14,20,23,25,27H,7,10,15-19H2,1-3H3,(H,32,37)(H,33,36)/t20-,23+,25-,27-,31+/m0/s1. The van der Waals surface area contributed by atoms with Crippen LogP contribution in [0, 0.1) is 5.92 Å². The highest BCUT2D eigenvalue weighted by atomic mass is 16.6. The Bertz CT molecular complexity index is 1190. The summed E-state index contributed by atoms with van der Waals surface area (Å²) in [6, 6.07) is 15.1. The molecule has 4 rings (SSSR count). The van der Waals surface area contributed by atoms with Crippen molar-refractivity contribution in [2.75, 3.05) is 20.3 Å². The fourth-order valence-electron chi connectivity index (χ4n) is 4.86. The van der Waals surface area contributed by atoms with Gasteiger partial charge in [-0.05, 0) is 62.8 Å². The first-order valence-corrected chi connectivity index (χ1v) is 13.8. The van der Waals surface area contributed by atoms with Crippen LogP contribution in [-0.2, 0) is 41.5 Å². The van der Waals surface area contributed by atoms with Gasteiger partial charge in [-0.1, -0.05) is 42.5 Å². The molecule has 2 aromatic carbocycles. The Morgan fingerprint density at radius 1 is 1.00 bits per heavy atom. The second kappa shape index (κ2) is 13.2. The first-order valence-electron chi connectivity index (χ1n) is 13.8. The van der Waals surface area contributed by atoms with Crippen molar-refractivity contribution in [2.24, 2.45) is 5.92 Å². The molecule has 0 aliphatic carbocycles. The summed E-state index contributed by atoms with van der Waals surface area (Å²) in [6.07, 6.45) is 1.34. The highest BCUT2D eigenvalue weighted by Gasteiger charge is 2.50. The zero-order valence-corrected chi connectivity index (χ0v) is 23.3. The van der Waals surface area contributed by atoms with Gasteiger partial charge in [-0.15, -0.1) is 0 Å². The van der Waals surface area contributed by atoms with E-state index < -0.39 is 35.6 Å². The second-order valence-corrected chi connectivity index (χ2v) is 10.8. The van der Waals surface area contributed by atoms with Gasteiger partial charge in [0.1, 0.15) is 17.5 Å². The van der Waals surface area contributed by atoms with E-state index >= 15 is 0 Å². The summed E-state index contributed by atoms with van der Waals surface area (Å²) in [5, 5.41) is 5.66. The van der Waals surface area contributed by atoms with E-state index in [1.54, 1.807) is 33.1 Å². The zero-order chi connectivity index (χ0) is 28.7. The average Bonchev–Trinajstić information content (AvgIpc) is 3.47. The number of epoxide rings is 1. The van der Waals surface area contributed by atoms with Crippen LogP contribution in [0.3, 0.4) is 0 Å². The maximum absolute atomic E-state index is 13.7. The minimum Gasteiger partial charge on any atom is -0.497 e. The number of hydrogen-bond acceptors (Lipinski definition) is 7. The van der Waals surface area contributed by atoms with Gasteiger partial charge in [0.15, 0.2) is 11.6 Å². The Hall–Kier alpha value is -3.56. The molecule has 0 spiro atoms. The normalized spacial score (nSPS) is 22.0. The molecule has 0 saturated carbocycles. The van der Waals surface area contributed by atoms with Crippen molar-refractivity contribution in [1.29, 1.82) is 0 Å². The number of Topliss-reactive ketones (excluding diaryl/α,β-unsaturated/α-hetero) is 2. The van der Waals surface area contributed by atoms with Crippen molar-refractivity contribution < 1.29 is 33.4 Å². The first kappa shape index (κ1) is 29.4. The fraction of sp³-hybridized carbons (Fsp3) is 0.484. The predicted octanol–water partition coefficient (Wildman–Crippen LogP) is 2.58. The van der Waals surface area contributed by atoms with Crippen LogP contribution in [0.1, 0.15) is 44.2 Å². The molecule has 2 aliphatic heterocycles. The van der Waals surface area contributed by atoms with E-state index in [4.69, 9.17) is 14.2 Å². The van der Waals surface area contributed by atoms with E-state index in [1.807, 2.05) is 42.5 Å². The van der Waals surface area contributed by atoms with Crippen LogP contribution in [0.5, 0.6) is 5.75 Å². The molecular formula is C31H38N2O7. The smallest absolute Gasteiger partial charge is 0.249 e. The molecule has 2 fully saturated rings. The Morgan fingerprint density at radius 3 is 2.27 bits per heavy atom. The number of carbonyl (C=O) groups is 4. The molecule has 2 aliphatic rings. The van der Waals surface area contributed by atoms with Crippen LogP contribution in [0.2, 0.25) is 0 Å². The number of ketones is 2. The van der Waals surface area contributed by atoms with Crippen molar-refractivity contribution >= 4 is 23.4 Å². The molecule has 2 amide bonds. The van der Waals surface area contributed by atoms with Gasteiger partial charge >= 0.3 is 0 Å². The maximum atomic E-state index is 13.7. The van der Waals surface area contributed by atoms with E-state index in [-0.39, 0.29) is 30.3 Å². The summed E-state index contributed by atoms with van der Waals surface area (Å²) in [4.78, 5) is 52.8. The summed E-state index contributed by atoms with van der Waals surface area (Å²) in [7, 11) is 1.57. The van der Waals surface area contributed by atoms with E-state index in [1.165, 1.54) is 0 Å². The number of rotatable bonds is 14. The minimum atomic E-state index is -0.921. The van der Waals surface area contributed by atoms with Gasteiger partial charge in [0.05, 0.1) is 25.8 Å². The van der Waals surface area contributed by atoms with Gasteiger partial charge in [-0.25, -0.2) is 0 Å². The summed E-state index contributed by atoms with van der Waals surface area (Å²) in [5.41, 5.74) is 0.821. The molecule has 2 saturated heterocycles. The van der Waals surface area contributed by atoms with Crippen LogP contribution in [0.15, 0.2) is 54.6 Å². The number of methoxy groups -OCH3 is 1. The van der Waals surface area contributed by atoms with E-state index in [0.717, 1.165) is 17.5 Å². The summed E-state index contributed by atoms with van der Waals surface area (Å²) in [5.74, 6) is -1.28. The molecule has 0 aromatic heterocycles. The number of hydrogen-bond donors (Lipinski definition) is 2. The first-order chi connectivity index (χ1) is 19.2. The molecule has 9 heteroatoms. The SMILES string of the molecule is COc1ccc(C[C@H](CC(=O)[C@H](C)NC(=O)[C@@H]2CCCO2)C(=O)N[C@@H](Cc2ccccc2)C(=O)[C@@]2(C)CO2)cc1. The van der Waals surface area contributed by atoms with Gasteiger partial charge in [0.25, 0.3) is 0 Å². The molecule has 2 N–H and O–H groups in total. The molecule has 2 aromatic rings. The van der Waals surface area contributed by atoms with Gasteiger partial charge < -0.3 is 24.8 Å². The minimum absolute atomic E-state index is 0.106. The molecule has 0 bridgehead atoms. The largest absolute Gasteiger partial charge is 0.497 e. The quantitative estimate of drug-likeness (QED) is 0.347. The fourth-order valence-corrected chi connectivity index (χ4v) is 4.86. The number of nitrogens with one attached hydrogen (secondary N) is 2. The maximum Gasteiger partial charge on any atom is 0.249 e. The predicted molar refractivity (Wildman–Crippen MR) is 148 cm³/mol. The lowest BCUT2D eigenvalue weighted by Gasteiger charge is -2.24. The van der Waals surface area contributed by atoms with Crippen molar-refractivity contribution in [2.45, 2.75) is 69.7 Å². The molecule has 0 unspecified atom stereocenters. The number of amides is 2. The highest BCUT2D eigenvalue weighted by Crippen LogP contribution is 2.29. The third-order valence-electron chi connectivity index (χ3n) is 7.54. The topological polar surface area (TPSA) is 123 Å². The van der Waals surface area contributed by atoms with Gasteiger partial charge in [0, 0.05) is 18.9 Å². The van der Waals surface area contributed by atoms with E-state index in [0.29, 0.717) is 31.8 Å².